The highest BCUT2D eigenvalue weighted by Crippen LogP contribution is 2.04. The fourth-order valence-corrected chi connectivity index (χ4v) is 2.38. The highest BCUT2D eigenvalue weighted by Gasteiger charge is 2.10. The first-order chi connectivity index (χ1) is 11.6. The molecule has 2 aromatic rings. The van der Waals surface area contributed by atoms with Crippen molar-refractivity contribution in [2.75, 3.05) is 13.1 Å². The van der Waals surface area contributed by atoms with Crippen LogP contribution in [0.25, 0.3) is 0 Å². The first-order valence-electron chi connectivity index (χ1n) is 8.10. The number of carbonyl (C=O) groups excluding carboxylic acids is 2. The van der Waals surface area contributed by atoms with Gasteiger partial charge in [-0.3, -0.25) is 14.6 Å². The summed E-state index contributed by atoms with van der Waals surface area (Å²) in [5, 5.41) is 2.88. The van der Waals surface area contributed by atoms with Gasteiger partial charge in [-0.1, -0.05) is 30.3 Å². The first kappa shape index (κ1) is 17.7. The number of hydrogen-bond donors (Lipinski definition) is 1. The van der Waals surface area contributed by atoms with E-state index in [1.54, 1.807) is 24.2 Å². The third kappa shape index (κ3) is 6.20. The third-order valence-corrected chi connectivity index (χ3v) is 3.76. The molecule has 1 aromatic carbocycles. The van der Waals surface area contributed by atoms with Crippen molar-refractivity contribution in [3.8, 4) is 0 Å². The third-order valence-electron chi connectivity index (χ3n) is 3.76. The Morgan fingerprint density at radius 1 is 1.04 bits per heavy atom. The van der Waals surface area contributed by atoms with Crippen LogP contribution in [0, 0.1) is 0 Å². The van der Waals surface area contributed by atoms with Crippen molar-refractivity contribution in [3.63, 3.8) is 0 Å². The van der Waals surface area contributed by atoms with Gasteiger partial charge in [-0.25, -0.2) is 0 Å². The van der Waals surface area contributed by atoms with Crippen molar-refractivity contribution in [1.29, 1.82) is 0 Å². The highest BCUT2D eigenvalue weighted by molar-refractivity contribution is 5.76. The molecule has 0 unspecified atom stereocenters. The predicted octanol–water partition coefficient (Wildman–Crippen LogP) is 2.18. The zero-order valence-electron chi connectivity index (χ0n) is 13.9. The highest BCUT2D eigenvalue weighted by atomic mass is 16.2. The SMILES string of the molecule is CC(=O)N(CCNC(=O)CCc1ccccc1)Cc1ccncc1. The van der Waals surface area contributed by atoms with Gasteiger partial charge in [0.2, 0.25) is 11.8 Å². The molecule has 0 bridgehead atoms. The minimum Gasteiger partial charge on any atom is -0.354 e. The molecule has 0 saturated heterocycles. The molecule has 5 nitrogen and oxygen atoms in total. The van der Waals surface area contributed by atoms with Crippen LogP contribution < -0.4 is 5.32 Å². The molecule has 1 aromatic heterocycles. The molecule has 126 valence electrons. The van der Waals surface area contributed by atoms with Crippen molar-refractivity contribution in [2.24, 2.45) is 0 Å². The van der Waals surface area contributed by atoms with Crippen LogP contribution in [0.1, 0.15) is 24.5 Å². The Morgan fingerprint density at radius 3 is 2.42 bits per heavy atom. The summed E-state index contributed by atoms with van der Waals surface area (Å²) in [5.74, 6) is -0.00314. The maximum atomic E-state index is 11.9. The number of rotatable bonds is 8. The summed E-state index contributed by atoms with van der Waals surface area (Å²) in [6.07, 6.45) is 4.59. The molecule has 0 atom stereocenters. The summed E-state index contributed by atoms with van der Waals surface area (Å²) in [5.41, 5.74) is 2.17. The zero-order valence-corrected chi connectivity index (χ0v) is 13.9. The molecular formula is C19H23N3O2. The van der Waals surface area contributed by atoms with Crippen LogP contribution in [0.2, 0.25) is 0 Å². The second-order valence-electron chi connectivity index (χ2n) is 5.63. The molecule has 1 N–H and O–H groups in total. The minimum atomic E-state index is -0.00894. The first-order valence-corrected chi connectivity index (χ1v) is 8.10. The lowest BCUT2D eigenvalue weighted by Gasteiger charge is -2.21. The largest absolute Gasteiger partial charge is 0.354 e. The van der Waals surface area contributed by atoms with E-state index >= 15 is 0 Å². The van der Waals surface area contributed by atoms with Gasteiger partial charge in [0, 0.05) is 45.4 Å². The van der Waals surface area contributed by atoms with Crippen LogP contribution >= 0.6 is 0 Å². The second kappa shape index (κ2) is 9.45. The van der Waals surface area contributed by atoms with E-state index in [-0.39, 0.29) is 11.8 Å². The van der Waals surface area contributed by atoms with Gasteiger partial charge in [0.1, 0.15) is 0 Å². The molecule has 0 spiro atoms. The molecule has 24 heavy (non-hydrogen) atoms. The molecule has 2 amide bonds. The van der Waals surface area contributed by atoms with E-state index in [1.165, 1.54) is 0 Å². The average molecular weight is 325 g/mol. The lowest BCUT2D eigenvalue weighted by Crippen LogP contribution is -2.37. The van der Waals surface area contributed by atoms with Crippen LogP contribution in [0.5, 0.6) is 0 Å². The maximum absolute atomic E-state index is 11.9. The topological polar surface area (TPSA) is 62.3 Å². The summed E-state index contributed by atoms with van der Waals surface area (Å²) in [6, 6.07) is 13.7. The Morgan fingerprint density at radius 2 is 1.75 bits per heavy atom. The quantitative estimate of drug-likeness (QED) is 0.809. The van der Waals surface area contributed by atoms with Crippen LogP contribution in [0.4, 0.5) is 0 Å². The van der Waals surface area contributed by atoms with Gasteiger partial charge >= 0.3 is 0 Å². The number of pyridine rings is 1. The summed E-state index contributed by atoms with van der Waals surface area (Å²) < 4.78 is 0. The van der Waals surface area contributed by atoms with E-state index < -0.39 is 0 Å². The summed E-state index contributed by atoms with van der Waals surface area (Å²) in [4.78, 5) is 29.3. The molecule has 0 radical (unpaired) electrons. The Bertz CT molecular complexity index is 644. The van der Waals surface area contributed by atoms with Gasteiger partial charge in [0.25, 0.3) is 0 Å². The predicted molar refractivity (Wildman–Crippen MR) is 93.1 cm³/mol. The number of carbonyl (C=O) groups is 2. The van der Waals surface area contributed by atoms with Gasteiger partial charge in [-0.2, -0.15) is 0 Å². The lowest BCUT2D eigenvalue weighted by atomic mass is 10.1. The van der Waals surface area contributed by atoms with Gasteiger partial charge < -0.3 is 10.2 Å². The van der Waals surface area contributed by atoms with E-state index in [4.69, 9.17) is 0 Å². The molecule has 0 fully saturated rings. The smallest absolute Gasteiger partial charge is 0.220 e. The number of nitrogens with one attached hydrogen (secondary N) is 1. The van der Waals surface area contributed by atoms with Gasteiger partial charge in [0.05, 0.1) is 0 Å². The van der Waals surface area contributed by atoms with Crippen LogP contribution in [0.3, 0.4) is 0 Å². The summed E-state index contributed by atoms with van der Waals surface area (Å²) in [6.45, 7) is 3.02. The van der Waals surface area contributed by atoms with Crippen LogP contribution in [-0.2, 0) is 22.6 Å². The Labute approximate surface area is 142 Å². The molecule has 5 heteroatoms. The molecular weight excluding hydrogens is 302 g/mol. The zero-order chi connectivity index (χ0) is 17.2. The summed E-state index contributed by atoms with van der Waals surface area (Å²) >= 11 is 0. The van der Waals surface area contributed by atoms with Crippen molar-refractivity contribution >= 4 is 11.8 Å². The number of nitrogens with zero attached hydrogens (tertiary/aromatic N) is 2. The van der Waals surface area contributed by atoms with Crippen LogP contribution in [-0.4, -0.2) is 34.8 Å². The fraction of sp³-hybridized carbons (Fsp3) is 0.316. The van der Waals surface area contributed by atoms with Crippen molar-refractivity contribution < 1.29 is 9.59 Å². The molecule has 2 rings (SSSR count). The van der Waals surface area contributed by atoms with Crippen LogP contribution in [0.15, 0.2) is 54.9 Å². The molecule has 1 heterocycles. The molecule has 0 aliphatic carbocycles. The number of amides is 2. The number of benzene rings is 1. The van der Waals surface area contributed by atoms with Gasteiger partial charge in [-0.15, -0.1) is 0 Å². The number of hydrogen-bond acceptors (Lipinski definition) is 3. The Kier molecular flexibility index (Phi) is 6.95. The standard InChI is InChI=1S/C19H23N3O2/c1-16(23)22(15-18-9-11-20-12-10-18)14-13-21-19(24)8-7-17-5-3-2-4-6-17/h2-6,9-12H,7-8,13-15H2,1H3,(H,21,24). The van der Waals surface area contributed by atoms with E-state index in [1.807, 2.05) is 42.5 Å². The van der Waals surface area contributed by atoms with E-state index in [0.29, 0.717) is 26.1 Å². The van der Waals surface area contributed by atoms with Gasteiger partial charge in [-0.05, 0) is 29.7 Å². The maximum Gasteiger partial charge on any atom is 0.220 e. The number of aromatic nitrogens is 1. The van der Waals surface area contributed by atoms with E-state index in [9.17, 15) is 9.59 Å². The fourth-order valence-electron chi connectivity index (χ4n) is 2.38. The Hall–Kier alpha value is -2.69. The van der Waals surface area contributed by atoms with E-state index in [0.717, 1.165) is 17.5 Å². The second-order valence-corrected chi connectivity index (χ2v) is 5.63. The molecule has 0 aliphatic heterocycles. The monoisotopic (exact) mass is 325 g/mol. The lowest BCUT2D eigenvalue weighted by molar-refractivity contribution is -0.130. The van der Waals surface area contributed by atoms with Gasteiger partial charge in [0.15, 0.2) is 0 Å². The molecule has 0 saturated carbocycles. The van der Waals surface area contributed by atoms with Crippen molar-refractivity contribution in [1.82, 2.24) is 15.2 Å². The normalized spacial score (nSPS) is 10.2. The molecule has 0 aliphatic rings. The van der Waals surface area contributed by atoms with E-state index in [2.05, 4.69) is 10.3 Å². The summed E-state index contributed by atoms with van der Waals surface area (Å²) in [7, 11) is 0. The minimum absolute atomic E-state index is 0.00580. The average Bonchev–Trinajstić information content (AvgIpc) is 2.61. The van der Waals surface area contributed by atoms with Crippen molar-refractivity contribution in [3.05, 3.63) is 66.0 Å². The van der Waals surface area contributed by atoms with Crippen molar-refractivity contribution in [2.45, 2.75) is 26.3 Å². The number of aryl methyl sites for hydroxylation is 1. The Balaban J connectivity index is 1.72.